The second-order valence-corrected chi connectivity index (χ2v) is 12.1. The molecule has 2 aromatic carbocycles. The van der Waals surface area contributed by atoms with Crippen molar-refractivity contribution in [3.63, 3.8) is 0 Å². The summed E-state index contributed by atoms with van der Waals surface area (Å²) in [5.74, 6) is 2.05. The molecular formula is C29H34ClN3O3. The number of benzene rings is 2. The second kappa shape index (κ2) is 8.37. The first-order valence-electron chi connectivity index (χ1n) is 13.5. The molecule has 3 aliphatic carbocycles. The van der Waals surface area contributed by atoms with E-state index in [1.807, 2.05) is 12.1 Å². The summed E-state index contributed by atoms with van der Waals surface area (Å²) in [6.45, 7) is 4.56. The van der Waals surface area contributed by atoms with Crippen LogP contribution in [-0.4, -0.2) is 47.2 Å². The number of aromatic hydroxyl groups is 1. The van der Waals surface area contributed by atoms with Crippen LogP contribution in [-0.2, 0) is 23.2 Å². The largest absolute Gasteiger partial charge is 0.504 e. The van der Waals surface area contributed by atoms with Gasteiger partial charge in [-0.3, -0.25) is 9.69 Å². The van der Waals surface area contributed by atoms with Gasteiger partial charge in [0.15, 0.2) is 11.5 Å². The lowest BCUT2D eigenvalue weighted by Gasteiger charge is -2.60. The van der Waals surface area contributed by atoms with E-state index in [9.17, 15) is 9.90 Å². The molecule has 1 spiro atoms. The number of anilines is 1. The molecule has 2 bridgehead atoms. The van der Waals surface area contributed by atoms with E-state index in [1.54, 1.807) is 6.07 Å². The zero-order valence-corrected chi connectivity index (χ0v) is 21.5. The number of hydrogen-bond donors (Lipinski definition) is 3. The van der Waals surface area contributed by atoms with Crippen molar-refractivity contribution in [2.45, 2.75) is 75.6 Å². The molecule has 2 aromatic rings. The first kappa shape index (κ1) is 22.9. The summed E-state index contributed by atoms with van der Waals surface area (Å²) in [6, 6.07) is 10.4. The summed E-state index contributed by atoms with van der Waals surface area (Å²) >= 11 is 6.09. The molecule has 5 aliphatic rings. The Kier molecular flexibility index (Phi) is 5.32. The van der Waals surface area contributed by atoms with Gasteiger partial charge < -0.3 is 20.5 Å². The van der Waals surface area contributed by atoms with Crippen molar-refractivity contribution in [3.8, 4) is 11.5 Å². The molecule has 5 atom stereocenters. The lowest BCUT2D eigenvalue weighted by atomic mass is 9.51. The van der Waals surface area contributed by atoms with Gasteiger partial charge in [0, 0.05) is 59.9 Å². The molecule has 3 fully saturated rings. The summed E-state index contributed by atoms with van der Waals surface area (Å²) in [5.41, 5.74) is 4.19. The molecule has 7 rings (SSSR count). The molecule has 6 nitrogen and oxygen atoms in total. The van der Waals surface area contributed by atoms with E-state index >= 15 is 0 Å². The maximum atomic E-state index is 12.1. The molecule has 2 heterocycles. The number of rotatable bonds is 6. The van der Waals surface area contributed by atoms with Crippen LogP contribution in [0.4, 0.5) is 5.69 Å². The third-order valence-corrected chi connectivity index (χ3v) is 9.79. The molecule has 0 aromatic heterocycles. The SMILES string of the molecule is CC(=O)Nc1cc(O)c2c3c1C[C@@H]1[C@@H]4CC[C@@H](NCc5ccc(Cl)cc5)[C@H](O2)[C@]34CCN1CC1CC1. The van der Waals surface area contributed by atoms with Crippen LogP contribution in [0.1, 0.15) is 55.7 Å². The Bertz CT molecular complexity index is 1210. The predicted molar refractivity (Wildman–Crippen MR) is 140 cm³/mol. The van der Waals surface area contributed by atoms with Gasteiger partial charge in [-0.05, 0) is 80.2 Å². The minimum Gasteiger partial charge on any atom is -0.504 e. The van der Waals surface area contributed by atoms with Gasteiger partial charge in [0.25, 0.3) is 0 Å². The molecule has 2 saturated carbocycles. The van der Waals surface area contributed by atoms with E-state index in [-0.39, 0.29) is 29.2 Å². The van der Waals surface area contributed by atoms with Crippen molar-refractivity contribution in [1.82, 2.24) is 10.2 Å². The third kappa shape index (κ3) is 3.48. The molecule has 190 valence electrons. The standard InChI is InChI=1S/C29H34ClN3O3/c1-16(34)32-23-13-25(35)27-26-20(23)12-24-21-8-9-22(31-14-17-4-6-19(30)7-5-17)28(36-27)29(21,26)10-11-33(24)15-18-2-3-18/h4-7,13,18,21-22,24,28,31,35H,2-3,8-12,14-15H2,1H3,(H,32,34)/t21-,22+,24+,28-,29-/m0/s1. The summed E-state index contributed by atoms with van der Waals surface area (Å²) in [5, 5.41) is 18.7. The van der Waals surface area contributed by atoms with Gasteiger partial charge in [0.2, 0.25) is 5.91 Å². The van der Waals surface area contributed by atoms with Gasteiger partial charge in [-0.2, -0.15) is 0 Å². The zero-order chi connectivity index (χ0) is 24.6. The van der Waals surface area contributed by atoms with Gasteiger partial charge in [-0.15, -0.1) is 0 Å². The number of ether oxygens (including phenoxy) is 1. The number of halogens is 1. The van der Waals surface area contributed by atoms with E-state index in [4.69, 9.17) is 16.3 Å². The number of hydrogen-bond acceptors (Lipinski definition) is 5. The van der Waals surface area contributed by atoms with Crippen molar-refractivity contribution < 1.29 is 14.6 Å². The van der Waals surface area contributed by atoms with Crippen molar-refractivity contribution in [3.05, 3.63) is 52.0 Å². The first-order valence-corrected chi connectivity index (χ1v) is 13.9. The summed E-state index contributed by atoms with van der Waals surface area (Å²) in [7, 11) is 0. The van der Waals surface area contributed by atoms with Gasteiger partial charge in [0.1, 0.15) is 6.10 Å². The maximum Gasteiger partial charge on any atom is 0.221 e. The average Bonchev–Trinajstić information content (AvgIpc) is 3.60. The van der Waals surface area contributed by atoms with Crippen LogP contribution in [0.5, 0.6) is 11.5 Å². The lowest BCUT2D eigenvalue weighted by molar-refractivity contribution is -0.114. The van der Waals surface area contributed by atoms with Gasteiger partial charge in [-0.25, -0.2) is 0 Å². The molecule has 1 saturated heterocycles. The summed E-state index contributed by atoms with van der Waals surface area (Å²) < 4.78 is 6.75. The summed E-state index contributed by atoms with van der Waals surface area (Å²) in [4.78, 5) is 14.8. The molecule has 36 heavy (non-hydrogen) atoms. The van der Waals surface area contributed by atoms with E-state index < -0.39 is 0 Å². The Morgan fingerprint density at radius 3 is 2.78 bits per heavy atom. The molecule has 0 unspecified atom stereocenters. The Labute approximate surface area is 217 Å². The highest BCUT2D eigenvalue weighted by Crippen LogP contribution is 2.65. The minimum atomic E-state index is -0.129. The summed E-state index contributed by atoms with van der Waals surface area (Å²) in [6.07, 6.45) is 6.83. The van der Waals surface area contributed by atoms with E-state index in [1.165, 1.54) is 43.0 Å². The third-order valence-electron chi connectivity index (χ3n) is 9.54. The van der Waals surface area contributed by atoms with Gasteiger partial charge in [-0.1, -0.05) is 23.7 Å². The molecule has 7 heteroatoms. The Balaban J connectivity index is 1.28. The number of phenols is 1. The van der Waals surface area contributed by atoms with E-state index in [0.29, 0.717) is 17.7 Å². The minimum absolute atomic E-state index is 0.0262. The van der Waals surface area contributed by atoms with Gasteiger partial charge >= 0.3 is 0 Å². The fourth-order valence-corrected chi connectivity index (χ4v) is 8.06. The topological polar surface area (TPSA) is 73.8 Å². The van der Waals surface area contributed by atoms with Crippen molar-refractivity contribution in [2.24, 2.45) is 11.8 Å². The molecule has 2 aliphatic heterocycles. The molecule has 0 radical (unpaired) electrons. The highest BCUT2D eigenvalue weighted by atomic mass is 35.5. The Morgan fingerprint density at radius 2 is 2.03 bits per heavy atom. The lowest BCUT2D eigenvalue weighted by Crippen LogP contribution is -2.68. The highest BCUT2D eigenvalue weighted by Gasteiger charge is 2.66. The zero-order valence-electron chi connectivity index (χ0n) is 20.7. The number of phenolic OH excluding ortho intramolecular Hbond substituents is 1. The normalized spacial score (nSPS) is 32.1. The average molecular weight is 508 g/mol. The van der Waals surface area contributed by atoms with Crippen molar-refractivity contribution >= 4 is 23.2 Å². The number of nitrogens with one attached hydrogen (secondary N) is 2. The van der Waals surface area contributed by atoms with Crippen LogP contribution < -0.4 is 15.4 Å². The van der Waals surface area contributed by atoms with E-state index in [2.05, 4.69) is 27.7 Å². The van der Waals surface area contributed by atoms with Crippen LogP contribution in [0.25, 0.3) is 0 Å². The number of amides is 1. The Hall–Kier alpha value is -2.28. The van der Waals surface area contributed by atoms with Crippen molar-refractivity contribution in [1.29, 1.82) is 0 Å². The first-order chi connectivity index (χ1) is 17.4. The fraction of sp³-hybridized carbons (Fsp3) is 0.552. The van der Waals surface area contributed by atoms with Crippen molar-refractivity contribution in [2.75, 3.05) is 18.4 Å². The molecular weight excluding hydrogens is 474 g/mol. The molecule has 1 amide bonds. The number of carbonyl (C=O) groups excluding carboxylic acids is 1. The monoisotopic (exact) mass is 507 g/mol. The van der Waals surface area contributed by atoms with E-state index in [0.717, 1.165) is 55.4 Å². The maximum absolute atomic E-state index is 12.1. The quantitative estimate of drug-likeness (QED) is 0.532. The Morgan fingerprint density at radius 1 is 1.22 bits per heavy atom. The van der Waals surface area contributed by atoms with Crippen LogP contribution in [0, 0.1) is 11.8 Å². The number of piperidine rings is 1. The highest BCUT2D eigenvalue weighted by molar-refractivity contribution is 6.30. The van der Waals surface area contributed by atoms with Crippen LogP contribution in [0.15, 0.2) is 30.3 Å². The second-order valence-electron chi connectivity index (χ2n) is 11.6. The van der Waals surface area contributed by atoms with Gasteiger partial charge in [0.05, 0.1) is 0 Å². The molecule has 3 N–H and O–H groups in total. The number of carbonyl (C=O) groups is 1. The van der Waals surface area contributed by atoms with Crippen LogP contribution in [0.2, 0.25) is 5.02 Å². The smallest absolute Gasteiger partial charge is 0.221 e. The van der Waals surface area contributed by atoms with Crippen LogP contribution in [0.3, 0.4) is 0 Å². The number of nitrogens with zero attached hydrogens (tertiary/aromatic N) is 1. The van der Waals surface area contributed by atoms with Crippen LogP contribution >= 0.6 is 11.6 Å². The fourth-order valence-electron chi connectivity index (χ4n) is 7.93. The predicted octanol–water partition coefficient (Wildman–Crippen LogP) is 4.61. The number of likely N-dealkylation sites (tertiary alicyclic amines) is 1.